The fourth-order valence-corrected chi connectivity index (χ4v) is 2.10. The summed E-state index contributed by atoms with van der Waals surface area (Å²) in [7, 11) is 0. The Hall–Kier alpha value is -1.56. The van der Waals surface area contributed by atoms with Crippen LogP contribution in [0.5, 0.6) is 0 Å². The number of amides is 1. The molecular formula is C15H14BrClN2O2. The predicted octanol–water partition coefficient (Wildman–Crippen LogP) is 3.84. The second-order valence-corrected chi connectivity index (χ2v) is 5.75. The Bertz CT molecular complexity index is 632. The van der Waals surface area contributed by atoms with Crippen LogP contribution in [0, 0.1) is 0 Å². The van der Waals surface area contributed by atoms with Gasteiger partial charge >= 0.3 is 0 Å². The average molecular weight is 370 g/mol. The Balaban J connectivity index is 1.82. The van der Waals surface area contributed by atoms with Gasteiger partial charge < -0.3 is 15.8 Å². The quantitative estimate of drug-likeness (QED) is 0.787. The number of benzene rings is 2. The number of ether oxygens (including phenoxy) is 1. The smallest absolute Gasteiger partial charge is 0.250 e. The van der Waals surface area contributed by atoms with E-state index < -0.39 is 0 Å². The third-order valence-electron chi connectivity index (χ3n) is 2.70. The summed E-state index contributed by atoms with van der Waals surface area (Å²) in [5.41, 5.74) is 7.69. The fourth-order valence-electron chi connectivity index (χ4n) is 1.67. The predicted molar refractivity (Wildman–Crippen MR) is 88.3 cm³/mol. The lowest BCUT2D eigenvalue weighted by Crippen LogP contribution is -2.19. The van der Waals surface area contributed by atoms with Crippen LogP contribution >= 0.6 is 27.5 Å². The summed E-state index contributed by atoms with van der Waals surface area (Å²) in [4.78, 5) is 11.8. The molecule has 0 saturated carbocycles. The van der Waals surface area contributed by atoms with E-state index in [-0.39, 0.29) is 12.5 Å². The third kappa shape index (κ3) is 5.04. The lowest BCUT2D eigenvalue weighted by atomic mass is 10.2. The van der Waals surface area contributed by atoms with E-state index in [0.717, 1.165) is 10.0 Å². The largest absolute Gasteiger partial charge is 0.397 e. The van der Waals surface area contributed by atoms with Gasteiger partial charge in [0, 0.05) is 9.50 Å². The summed E-state index contributed by atoms with van der Waals surface area (Å²) < 4.78 is 6.36. The normalized spacial score (nSPS) is 10.4. The molecule has 0 bridgehead atoms. The fraction of sp³-hybridized carbons (Fsp3) is 0.133. The zero-order valence-corrected chi connectivity index (χ0v) is 13.4. The first kappa shape index (κ1) is 15.8. The maximum atomic E-state index is 11.8. The van der Waals surface area contributed by atoms with Gasteiger partial charge in [0.15, 0.2) is 0 Å². The number of nitrogens with two attached hydrogens (primary N) is 1. The lowest BCUT2D eigenvalue weighted by molar-refractivity contribution is -0.121. The Morgan fingerprint density at radius 2 is 1.95 bits per heavy atom. The van der Waals surface area contributed by atoms with Crippen LogP contribution in [0.15, 0.2) is 46.9 Å². The minimum atomic E-state index is -0.277. The van der Waals surface area contributed by atoms with E-state index in [4.69, 9.17) is 22.1 Å². The van der Waals surface area contributed by atoms with Gasteiger partial charge in [0.1, 0.15) is 6.61 Å². The van der Waals surface area contributed by atoms with E-state index >= 15 is 0 Å². The van der Waals surface area contributed by atoms with Gasteiger partial charge in [-0.2, -0.15) is 0 Å². The van der Waals surface area contributed by atoms with Crippen molar-refractivity contribution in [2.45, 2.75) is 6.61 Å². The molecular weight excluding hydrogens is 356 g/mol. The molecule has 3 N–H and O–H groups in total. The summed E-state index contributed by atoms with van der Waals surface area (Å²) >= 11 is 9.21. The van der Waals surface area contributed by atoms with Crippen LogP contribution in [0.2, 0.25) is 5.02 Å². The zero-order valence-electron chi connectivity index (χ0n) is 11.1. The number of nitrogen functional groups attached to an aromatic ring is 1. The summed E-state index contributed by atoms with van der Waals surface area (Å²) in [5, 5.41) is 3.18. The molecule has 1 amide bonds. The molecule has 110 valence electrons. The van der Waals surface area contributed by atoms with Gasteiger partial charge in [0.2, 0.25) is 5.91 Å². The molecule has 0 spiro atoms. The second-order valence-electron chi connectivity index (χ2n) is 4.40. The Kier molecular flexibility index (Phi) is 5.61. The minimum Gasteiger partial charge on any atom is -0.397 e. The second kappa shape index (κ2) is 7.45. The van der Waals surface area contributed by atoms with Crippen LogP contribution in [0.1, 0.15) is 5.56 Å². The van der Waals surface area contributed by atoms with Crippen molar-refractivity contribution in [1.82, 2.24) is 0 Å². The van der Waals surface area contributed by atoms with E-state index in [1.807, 2.05) is 24.3 Å². The lowest BCUT2D eigenvalue weighted by Gasteiger charge is -2.09. The number of rotatable bonds is 5. The molecule has 2 rings (SSSR count). The van der Waals surface area contributed by atoms with Crippen LogP contribution in [-0.4, -0.2) is 12.5 Å². The molecule has 0 aliphatic carbocycles. The number of hydrogen-bond donors (Lipinski definition) is 2. The number of halogens is 2. The van der Waals surface area contributed by atoms with E-state index in [9.17, 15) is 4.79 Å². The molecule has 4 nitrogen and oxygen atoms in total. The third-order valence-corrected chi connectivity index (χ3v) is 3.47. The highest BCUT2D eigenvalue weighted by Crippen LogP contribution is 2.22. The minimum absolute atomic E-state index is 0.0536. The molecule has 0 fully saturated rings. The molecule has 2 aromatic carbocycles. The number of hydrogen-bond acceptors (Lipinski definition) is 3. The van der Waals surface area contributed by atoms with Crippen molar-refractivity contribution in [3.63, 3.8) is 0 Å². The highest BCUT2D eigenvalue weighted by Gasteiger charge is 2.06. The SMILES string of the molecule is Nc1ccc(Cl)cc1NC(=O)COCc1ccc(Br)cc1. The summed E-state index contributed by atoms with van der Waals surface area (Å²) in [6, 6.07) is 12.6. The molecule has 0 aliphatic rings. The van der Waals surface area contributed by atoms with Crippen molar-refractivity contribution in [3.8, 4) is 0 Å². The number of nitrogens with one attached hydrogen (secondary N) is 1. The van der Waals surface area contributed by atoms with Crippen molar-refractivity contribution in [1.29, 1.82) is 0 Å². The van der Waals surface area contributed by atoms with Crippen molar-refractivity contribution >= 4 is 44.8 Å². The molecule has 21 heavy (non-hydrogen) atoms. The molecule has 0 unspecified atom stereocenters. The van der Waals surface area contributed by atoms with Gasteiger partial charge in [-0.05, 0) is 35.9 Å². The maximum Gasteiger partial charge on any atom is 0.250 e. The van der Waals surface area contributed by atoms with E-state index in [1.54, 1.807) is 18.2 Å². The molecule has 0 aliphatic heterocycles. The van der Waals surface area contributed by atoms with Crippen LogP contribution in [-0.2, 0) is 16.1 Å². The van der Waals surface area contributed by atoms with E-state index in [2.05, 4.69) is 21.2 Å². The highest BCUT2D eigenvalue weighted by molar-refractivity contribution is 9.10. The standard InChI is InChI=1S/C15H14BrClN2O2/c16-11-3-1-10(2-4-11)8-21-9-15(20)19-14-7-12(17)5-6-13(14)18/h1-7H,8-9,18H2,(H,19,20). The van der Waals surface area contributed by atoms with Gasteiger partial charge in [0.25, 0.3) is 0 Å². The van der Waals surface area contributed by atoms with Crippen LogP contribution < -0.4 is 11.1 Å². The monoisotopic (exact) mass is 368 g/mol. The maximum absolute atomic E-state index is 11.8. The first-order valence-corrected chi connectivity index (χ1v) is 7.39. The van der Waals surface area contributed by atoms with Gasteiger partial charge in [-0.3, -0.25) is 4.79 Å². The Morgan fingerprint density at radius 3 is 2.67 bits per heavy atom. The Labute approximate surface area is 136 Å². The average Bonchev–Trinajstić information content (AvgIpc) is 2.45. The van der Waals surface area contributed by atoms with Crippen LogP contribution in [0.3, 0.4) is 0 Å². The summed E-state index contributed by atoms with van der Waals surface area (Å²) in [5.74, 6) is -0.277. The highest BCUT2D eigenvalue weighted by atomic mass is 79.9. The van der Waals surface area contributed by atoms with Crippen molar-refractivity contribution in [3.05, 3.63) is 57.5 Å². The molecule has 6 heteroatoms. The molecule has 0 atom stereocenters. The van der Waals surface area contributed by atoms with Gasteiger partial charge in [0.05, 0.1) is 18.0 Å². The molecule has 0 radical (unpaired) electrons. The number of anilines is 2. The summed E-state index contributed by atoms with van der Waals surface area (Å²) in [6.07, 6.45) is 0. The first-order chi connectivity index (χ1) is 10.0. The van der Waals surface area contributed by atoms with Crippen molar-refractivity contribution in [2.75, 3.05) is 17.7 Å². The van der Waals surface area contributed by atoms with Gasteiger partial charge in [-0.1, -0.05) is 39.7 Å². The van der Waals surface area contributed by atoms with Crippen LogP contribution in [0.25, 0.3) is 0 Å². The topological polar surface area (TPSA) is 64.3 Å². The molecule has 0 saturated heterocycles. The molecule has 0 heterocycles. The van der Waals surface area contributed by atoms with Crippen molar-refractivity contribution < 1.29 is 9.53 Å². The van der Waals surface area contributed by atoms with Crippen molar-refractivity contribution in [2.24, 2.45) is 0 Å². The van der Waals surface area contributed by atoms with Crippen LogP contribution in [0.4, 0.5) is 11.4 Å². The molecule has 0 aromatic heterocycles. The first-order valence-electron chi connectivity index (χ1n) is 6.21. The summed E-state index contributed by atoms with van der Waals surface area (Å²) in [6.45, 7) is 0.313. The number of carbonyl (C=O) groups is 1. The van der Waals surface area contributed by atoms with Gasteiger partial charge in [-0.25, -0.2) is 0 Å². The number of carbonyl (C=O) groups excluding carboxylic acids is 1. The zero-order chi connectivity index (χ0) is 15.2. The van der Waals surface area contributed by atoms with E-state index in [0.29, 0.717) is 23.0 Å². The van der Waals surface area contributed by atoms with Gasteiger partial charge in [-0.15, -0.1) is 0 Å². The Morgan fingerprint density at radius 1 is 1.24 bits per heavy atom. The van der Waals surface area contributed by atoms with E-state index in [1.165, 1.54) is 0 Å². The molecule has 2 aromatic rings.